The molecule has 0 bridgehead atoms. The molecule has 0 amide bonds. The SMILES string of the molecule is Cc1noc(C)c1-c1cc2c(c(C)c1Cl)NC(C)(C)[C@@H](O)[C@@H]2C. The second kappa shape index (κ2) is 5.25. The quantitative estimate of drug-likeness (QED) is 0.800. The molecule has 2 heterocycles. The summed E-state index contributed by atoms with van der Waals surface area (Å²) in [6, 6.07) is 2.06. The van der Waals surface area contributed by atoms with Crippen LogP contribution in [0.2, 0.25) is 5.02 Å². The van der Waals surface area contributed by atoms with Crippen LogP contribution in [0.5, 0.6) is 0 Å². The van der Waals surface area contributed by atoms with Crippen molar-refractivity contribution in [3.8, 4) is 11.1 Å². The monoisotopic (exact) mass is 334 g/mol. The van der Waals surface area contributed by atoms with Crippen LogP contribution in [-0.4, -0.2) is 21.9 Å². The van der Waals surface area contributed by atoms with Crippen molar-refractivity contribution in [3.63, 3.8) is 0 Å². The van der Waals surface area contributed by atoms with Crippen molar-refractivity contribution in [1.82, 2.24) is 5.16 Å². The van der Waals surface area contributed by atoms with Crippen molar-refractivity contribution < 1.29 is 9.63 Å². The van der Waals surface area contributed by atoms with Gasteiger partial charge in [0.2, 0.25) is 0 Å². The van der Waals surface area contributed by atoms with Gasteiger partial charge in [0.15, 0.2) is 0 Å². The number of hydrogen-bond donors (Lipinski definition) is 2. The van der Waals surface area contributed by atoms with Crippen LogP contribution in [0.15, 0.2) is 10.6 Å². The predicted molar refractivity (Wildman–Crippen MR) is 93.3 cm³/mol. The van der Waals surface area contributed by atoms with E-state index in [9.17, 15) is 5.11 Å². The fourth-order valence-corrected chi connectivity index (χ4v) is 3.83. The minimum absolute atomic E-state index is 0.0106. The Hall–Kier alpha value is -1.52. The Bertz CT molecular complexity index is 760. The molecule has 1 aliphatic heterocycles. The minimum Gasteiger partial charge on any atom is -0.390 e. The Morgan fingerprint density at radius 1 is 1.30 bits per heavy atom. The van der Waals surface area contributed by atoms with Gasteiger partial charge in [-0.15, -0.1) is 0 Å². The molecular formula is C18H23ClN2O2. The number of aliphatic hydroxyl groups is 1. The van der Waals surface area contributed by atoms with Gasteiger partial charge in [-0.1, -0.05) is 23.7 Å². The Balaban J connectivity index is 2.27. The summed E-state index contributed by atoms with van der Waals surface area (Å²) in [7, 11) is 0. The molecule has 23 heavy (non-hydrogen) atoms. The molecule has 2 atom stereocenters. The van der Waals surface area contributed by atoms with Gasteiger partial charge in [-0.2, -0.15) is 0 Å². The maximum absolute atomic E-state index is 10.6. The molecule has 0 fully saturated rings. The van der Waals surface area contributed by atoms with E-state index < -0.39 is 11.6 Å². The number of hydrogen-bond acceptors (Lipinski definition) is 4. The van der Waals surface area contributed by atoms with E-state index in [1.807, 2.05) is 34.6 Å². The summed E-state index contributed by atoms with van der Waals surface area (Å²) in [6.07, 6.45) is -0.479. The summed E-state index contributed by atoms with van der Waals surface area (Å²) in [5.41, 5.74) is 5.37. The second-order valence-electron chi connectivity index (χ2n) is 7.11. The number of aromatic nitrogens is 1. The highest BCUT2D eigenvalue weighted by Gasteiger charge is 2.40. The Kier molecular flexibility index (Phi) is 3.73. The second-order valence-corrected chi connectivity index (χ2v) is 7.48. The lowest BCUT2D eigenvalue weighted by Crippen LogP contribution is -2.50. The zero-order valence-electron chi connectivity index (χ0n) is 14.4. The van der Waals surface area contributed by atoms with Crippen LogP contribution >= 0.6 is 11.6 Å². The number of rotatable bonds is 1. The highest BCUT2D eigenvalue weighted by molar-refractivity contribution is 6.34. The Labute approximate surface area is 141 Å². The normalized spacial score (nSPS) is 22.6. The zero-order valence-corrected chi connectivity index (χ0v) is 15.2. The smallest absolute Gasteiger partial charge is 0.141 e. The average Bonchev–Trinajstić information content (AvgIpc) is 2.81. The van der Waals surface area contributed by atoms with Gasteiger partial charge in [-0.25, -0.2) is 0 Å². The fraction of sp³-hybridized carbons (Fsp3) is 0.500. The van der Waals surface area contributed by atoms with Crippen LogP contribution in [0.3, 0.4) is 0 Å². The Morgan fingerprint density at radius 3 is 2.52 bits per heavy atom. The van der Waals surface area contributed by atoms with Crippen LogP contribution in [0.1, 0.15) is 49.3 Å². The zero-order chi connectivity index (χ0) is 17.1. The van der Waals surface area contributed by atoms with E-state index in [1.165, 1.54) is 0 Å². The van der Waals surface area contributed by atoms with Crippen molar-refractivity contribution in [3.05, 3.63) is 33.7 Å². The van der Waals surface area contributed by atoms with Crippen molar-refractivity contribution >= 4 is 17.3 Å². The van der Waals surface area contributed by atoms with Gasteiger partial charge < -0.3 is 14.9 Å². The lowest BCUT2D eigenvalue weighted by molar-refractivity contribution is 0.0869. The molecular weight excluding hydrogens is 312 g/mol. The average molecular weight is 335 g/mol. The molecule has 124 valence electrons. The number of fused-ring (bicyclic) bond motifs is 1. The summed E-state index contributed by atoms with van der Waals surface area (Å²) in [4.78, 5) is 0. The molecule has 2 aromatic rings. The van der Waals surface area contributed by atoms with Crippen molar-refractivity contribution in [2.45, 2.75) is 59.1 Å². The molecule has 0 unspecified atom stereocenters. The molecule has 3 rings (SSSR count). The van der Waals surface area contributed by atoms with Crippen LogP contribution in [-0.2, 0) is 0 Å². The summed E-state index contributed by atoms with van der Waals surface area (Å²) in [6.45, 7) is 11.9. The number of aryl methyl sites for hydroxylation is 2. The van der Waals surface area contributed by atoms with Gasteiger partial charge in [-0.05, 0) is 51.8 Å². The molecule has 1 aromatic heterocycles. The number of halogens is 1. The van der Waals surface area contributed by atoms with Crippen molar-refractivity contribution in [2.75, 3.05) is 5.32 Å². The number of aliphatic hydroxyl groups excluding tert-OH is 1. The van der Waals surface area contributed by atoms with E-state index >= 15 is 0 Å². The molecule has 5 heteroatoms. The molecule has 4 nitrogen and oxygen atoms in total. The van der Waals surface area contributed by atoms with Gasteiger partial charge in [0.25, 0.3) is 0 Å². The van der Waals surface area contributed by atoms with Crippen molar-refractivity contribution in [1.29, 1.82) is 0 Å². The third-order valence-electron chi connectivity index (χ3n) is 4.98. The van der Waals surface area contributed by atoms with Crippen LogP contribution in [0, 0.1) is 20.8 Å². The molecule has 0 saturated carbocycles. The van der Waals surface area contributed by atoms with Gasteiger partial charge >= 0.3 is 0 Å². The first-order valence-electron chi connectivity index (χ1n) is 7.87. The predicted octanol–water partition coefficient (Wildman–Crippen LogP) is 4.59. The number of anilines is 1. The fourth-order valence-electron chi connectivity index (χ4n) is 3.58. The summed E-state index contributed by atoms with van der Waals surface area (Å²) < 4.78 is 5.30. The number of nitrogens with zero attached hydrogens (tertiary/aromatic N) is 1. The summed E-state index contributed by atoms with van der Waals surface area (Å²) in [5.74, 6) is 0.762. The molecule has 0 radical (unpaired) electrons. The van der Waals surface area contributed by atoms with E-state index in [0.29, 0.717) is 5.02 Å². The van der Waals surface area contributed by atoms with Crippen LogP contribution in [0.25, 0.3) is 11.1 Å². The van der Waals surface area contributed by atoms with Gasteiger partial charge in [0.1, 0.15) is 5.76 Å². The van der Waals surface area contributed by atoms with Crippen molar-refractivity contribution in [2.24, 2.45) is 0 Å². The van der Waals surface area contributed by atoms with E-state index in [2.05, 4.69) is 23.5 Å². The van der Waals surface area contributed by atoms with Crippen LogP contribution in [0.4, 0.5) is 5.69 Å². The summed E-state index contributed by atoms with van der Waals surface area (Å²) in [5, 5.41) is 18.8. The molecule has 2 N–H and O–H groups in total. The van der Waals surface area contributed by atoms with E-state index in [-0.39, 0.29) is 5.92 Å². The molecule has 0 spiro atoms. The molecule has 1 aliphatic rings. The first kappa shape index (κ1) is 16.3. The topological polar surface area (TPSA) is 58.3 Å². The lowest BCUT2D eigenvalue weighted by Gasteiger charge is -2.43. The maximum Gasteiger partial charge on any atom is 0.141 e. The van der Waals surface area contributed by atoms with E-state index in [4.69, 9.17) is 16.1 Å². The largest absolute Gasteiger partial charge is 0.390 e. The van der Waals surface area contributed by atoms with Gasteiger partial charge in [0, 0.05) is 22.7 Å². The highest BCUT2D eigenvalue weighted by Crippen LogP contribution is 2.46. The molecule has 0 aliphatic carbocycles. The summed E-state index contributed by atoms with van der Waals surface area (Å²) >= 11 is 6.67. The van der Waals surface area contributed by atoms with E-state index in [1.54, 1.807) is 0 Å². The van der Waals surface area contributed by atoms with Crippen LogP contribution < -0.4 is 5.32 Å². The highest BCUT2D eigenvalue weighted by atomic mass is 35.5. The first-order chi connectivity index (χ1) is 10.6. The molecule has 0 saturated heterocycles. The minimum atomic E-state index is -0.479. The van der Waals surface area contributed by atoms with E-state index in [0.717, 1.165) is 39.4 Å². The maximum atomic E-state index is 10.6. The van der Waals surface area contributed by atoms with Gasteiger partial charge in [0.05, 0.1) is 22.4 Å². The number of nitrogens with one attached hydrogen (secondary N) is 1. The standard InChI is InChI=1S/C18H23ClN2O2/c1-8-12-7-13(14-10(3)21-23-11(14)4)15(19)9(2)16(12)20-18(5,6)17(8)22/h7-8,17,20,22H,1-6H3/t8-,17+/m1/s1. The van der Waals surface area contributed by atoms with Gasteiger partial charge in [-0.3, -0.25) is 0 Å². The molecule has 1 aromatic carbocycles. The first-order valence-corrected chi connectivity index (χ1v) is 8.25. The number of benzene rings is 1. The third-order valence-corrected chi connectivity index (χ3v) is 5.47. The third kappa shape index (κ3) is 2.36. The lowest BCUT2D eigenvalue weighted by atomic mass is 9.77. The Morgan fingerprint density at radius 2 is 1.96 bits per heavy atom.